The SMILES string of the molecule is Cn1c(=O)[nH]c2ccnc(CC(=O)Nc3nc(-c4cc(F)cc(C(F)(F)F)c4)cs3)c2c1=O. The van der Waals surface area contributed by atoms with Crippen LogP contribution in [0.25, 0.3) is 22.2 Å². The fourth-order valence-corrected chi connectivity index (χ4v) is 3.86. The minimum atomic E-state index is -4.73. The second-order valence-electron chi connectivity index (χ2n) is 6.96. The molecule has 170 valence electrons. The summed E-state index contributed by atoms with van der Waals surface area (Å²) in [4.78, 5) is 47.3. The molecule has 0 radical (unpaired) electrons. The average molecular weight is 479 g/mol. The summed E-state index contributed by atoms with van der Waals surface area (Å²) < 4.78 is 53.4. The summed E-state index contributed by atoms with van der Waals surface area (Å²) in [5.74, 6) is -1.67. The van der Waals surface area contributed by atoms with Gasteiger partial charge in [0, 0.05) is 24.2 Å². The Kier molecular flexibility index (Phi) is 5.57. The quantitative estimate of drug-likeness (QED) is 0.437. The molecule has 4 rings (SSSR count). The van der Waals surface area contributed by atoms with E-state index in [4.69, 9.17) is 0 Å². The van der Waals surface area contributed by atoms with E-state index in [1.807, 2.05) is 0 Å². The van der Waals surface area contributed by atoms with Crippen molar-refractivity contribution in [1.82, 2.24) is 19.5 Å². The van der Waals surface area contributed by atoms with E-state index in [0.717, 1.165) is 28.0 Å². The van der Waals surface area contributed by atoms with Crippen molar-refractivity contribution in [2.45, 2.75) is 12.6 Å². The number of benzene rings is 1. The summed E-state index contributed by atoms with van der Waals surface area (Å²) in [6, 6.07) is 3.49. The van der Waals surface area contributed by atoms with Crippen molar-refractivity contribution in [3.05, 3.63) is 73.8 Å². The lowest BCUT2D eigenvalue weighted by atomic mass is 10.1. The first-order valence-electron chi connectivity index (χ1n) is 9.23. The largest absolute Gasteiger partial charge is 0.416 e. The summed E-state index contributed by atoms with van der Waals surface area (Å²) in [6.45, 7) is 0. The molecule has 0 atom stereocenters. The number of aromatic nitrogens is 4. The van der Waals surface area contributed by atoms with E-state index >= 15 is 0 Å². The van der Waals surface area contributed by atoms with E-state index in [2.05, 4.69) is 20.3 Å². The van der Waals surface area contributed by atoms with Crippen LogP contribution in [-0.4, -0.2) is 25.4 Å². The van der Waals surface area contributed by atoms with Gasteiger partial charge in [0.2, 0.25) is 5.91 Å². The van der Waals surface area contributed by atoms with Gasteiger partial charge in [0.25, 0.3) is 5.56 Å². The van der Waals surface area contributed by atoms with Crippen LogP contribution in [0.5, 0.6) is 0 Å². The van der Waals surface area contributed by atoms with Gasteiger partial charge in [-0.2, -0.15) is 13.2 Å². The Bertz CT molecular complexity index is 1510. The van der Waals surface area contributed by atoms with Crippen LogP contribution in [0.3, 0.4) is 0 Å². The van der Waals surface area contributed by atoms with Crippen LogP contribution in [0, 0.1) is 5.82 Å². The number of anilines is 1. The van der Waals surface area contributed by atoms with E-state index in [0.29, 0.717) is 6.07 Å². The van der Waals surface area contributed by atoms with E-state index in [-0.39, 0.29) is 39.4 Å². The Hall–Kier alpha value is -3.87. The molecule has 0 aliphatic carbocycles. The number of hydrogen-bond acceptors (Lipinski definition) is 6. The molecule has 1 amide bonds. The maximum absolute atomic E-state index is 13.7. The maximum atomic E-state index is 13.7. The second kappa shape index (κ2) is 8.24. The molecule has 4 aromatic rings. The zero-order valence-electron chi connectivity index (χ0n) is 16.7. The van der Waals surface area contributed by atoms with Gasteiger partial charge in [-0.3, -0.25) is 19.1 Å². The molecule has 33 heavy (non-hydrogen) atoms. The summed E-state index contributed by atoms with van der Waals surface area (Å²) in [5.41, 5.74) is -2.08. The molecule has 2 N–H and O–H groups in total. The minimum absolute atomic E-state index is 0.0510. The lowest BCUT2D eigenvalue weighted by Gasteiger charge is -2.08. The Morgan fingerprint density at radius 2 is 2.00 bits per heavy atom. The normalized spacial score (nSPS) is 11.7. The van der Waals surface area contributed by atoms with Gasteiger partial charge in [0.15, 0.2) is 5.13 Å². The molecular weight excluding hydrogens is 466 g/mol. The van der Waals surface area contributed by atoms with Crippen molar-refractivity contribution < 1.29 is 22.4 Å². The van der Waals surface area contributed by atoms with Crippen molar-refractivity contribution in [3.63, 3.8) is 0 Å². The van der Waals surface area contributed by atoms with Gasteiger partial charge in [-0.15, -0.1) is 11.3 Å². The van der Waals surface area contributed by atoms with Crippen molar-refractivity contribution in [1.29, 1.82) is 0 Å². The van der Waals surface area contributed by atoms with Crippen LogP contribution in [0.15, 0.2) is 45.4 Å². The molecule has 3 heterocycles. The van der Waals surface area contributed by atoms with Gasteiger partial charge < -0.3 is 10.3 Å². The second-order valence-corrected chi connectivity index (χ2v) is 7.82. The molecule has 0 aliphatic rings. The molecule has 0 saturated heterocycles. The van der Waals surface area contributed by atoms with Crippen LogP contribution < -0.4 is 16.6 Å². The number of halogens is 4. The number of rotatable bonds is 4. The monoisotopic (exact) mass is 479 g/mol. The smallest absolute Gasteiger partial charge is 0.307 e. The van der Waals surface area contributed by atoms with Gasteiger partial charge >= 0.3 is 11.9 Å². The van der Waals surface area contributed by atoms with Gasteiger partial charge in [0.05, 0.1) is 34.3 Å². The first-order valence-corrected chi connectivity index (χ1v) is 10.1. The standard InChI is InChI=1S/C20H13F4N5O3S/c1-29-17(31)16-12(27-19(29)32)2-3-25-13(16)7-15(30)28-18-26-14(8-33-18)9-4-10(20(22,23)24)6-11(21)5-9/h2-6,8H,7H2,1H3,(H,27,32)(H,26,28,30). The third kappa shape index (κ3) is 4.53. The zero-order valence-corrected chi connectivity index (χ0v) is 17.5. The number of hydrogen-bond donors (Lipinski definition) is 2. The number of H-pyrrole nitrogens is 1. The van der Waals surface area contributed by atoms with E-state index < -0.39 is 34.7 Å². The van der Waals surface area contributed by atoms with Gasteiger partial charge in [0.1, 0.15) is 5.82 Å². The molecule has 0 fully saturated rings. The van der Waals surface area contributed by atoms with E-state index in [1.165, 1.54) is 24.7 Å². The molecule has 8 nitrogen and oxygen atoms in total. The van der Waals surface area contributed by atoms with Crippen LogP contribution in [0.2, 0.25) is 0 Å². The van der Waals surface area contributed by atoms with Crippen molar-refractivity contribution in [2.24, 2.45) is 7.05 Å². The number of fused-ring (bicyclic) bond motifs is 1. The lowest BCUT2D eigenvalue weighted by Crippen LogP contribution is -2.33. The predicted molar refractivity (Wildman–Crippen MR) is 112 cm³/mol. The molecular formula is C20H13F4N5O3S. The molecule has 13 heteroatoms. The van der Waals surface area contributed by atoms with Crippen molar-refractivity contribution in [3.8, 4) is 11.3 Å². The fourth-order valence-electron chi connectivity index (χ4n) is 3.12. The summed E-state index contributed by atoms with van der Waals surface area (Å²) >= 11 is 0.933. The average Bonchev–Trinajstić information content (AvgIpc) is 3.19. The Labute approximate surface area is 185 Å². The number of carbonyl (C=O) groups is 1. The number of thiazole rings is 1. The van der Waals surface area contributed by atoms with E-state index in [9.17, 15) is 31.9 Å². The lowest BCUT2D eigenvalue weighted by molar-refractivity contribution is -0.137. The highest BCUT2D eigenvalue weighted by molar-refractivity contribution is 7.14. The molecule has 1 aromatic carbocycles. The number of nitrogens with one attached hydrogen (secondary N) is 2. The first kappa shape index (κ1) is 22.3. The summed E-state index contributed by atoms with van der Waals surface area (Å²) in [7, 11) is 1.28. The number of pyridine rings is 1. The summed E-state index contributed by atoms with van der Waals surface area (Å²) in [6.07, 6.45) is -3.72. The highest BCUT2D eigenvalue weighted by atomic mass is 32.1. The van der Waals surface area contributed by atoms with Crippen LogP contribution in [0.4, 0.5) is 22.7 Å². The Morgan fingerprint density at radius 3 is 2.73 bits per heavy atom. The molecule has 0 spiro atoms. The van der Waals surface area contributed by atoms with Gasteiger partial charge in [-0.1, -0.05) is 0 Å². The topological polar surface area (TPSA) is 110 Å². The molecule has 3 aromatic heterocycles. The third-order valence-corrected chi connectivity index (χ3v) is 5.45. The predicted octanol–water partition coefficient (Wildman–Crippen LogP) is 3.08. The number of amides is 1. The molecule has 0 bridgehead atoms. The highest BCUT2D eigenvalue weighted by Gasteiger charge is 2.31. The fraction of sp³-hybridized carbons (Fsp3) is 0.150. The highest BCUT2D eigenvalue weighted by Crippen LogP contribution is 2.34. The van der Waals surface area contributed by atoms with Gasteiger partial charge in [-0.05, 0) is 24.3 Å². The summed E-state index contributed by atoms with van der Waals surface area (Å²) in [5, 5.41) is 4.00. The number of carbonyl (C=O) groups excluding carboxylic acids is 1. The number of alkyl halides is 3. The van der Waals surface area contributed by atoms with Gasteiger partial charge in [-0.25, -0.2) is 14.2 Å². The van der Waals surface area contributed by atoms with Crippen LogP contribution in [0.1, 0.15) is 11.3 Å². The third-order valence-electron chi connectivity index (χ3n) is 4.69. The Morgan fingerprint density at radius 1 is 1.24 bits per heavy atom. The van der Waals surface area contributed by atoms with Crippen LogP contribution >= 0.6 is 11.3 Å². The number of aromatic amines is 1. The van der Waals surface area contributed by atoms with Crippen LogP contribution in [-0.2, 0) is 24.4 Å². The maximum Gasteiger partial charge on any atom is 0.416 e. The van der Waals surface area contributed by atoms with Crippen molar-refractivity contribution >= 4 is 33.3 Å². The van der Waals surface area contributed by atoms with E-state index in [1.54, 1.807) is 0 Å². The molecule has 0 saturated carbocycles. The Balaban J connectivity index is 1.58. The van der Waals surface area contributed by atoms with Crippen molar-refractivity contribution in [2.75, 3.05) is 5.32 Å². The minimum Gasteiger partial charge on any atom is -0.307 e. The number of nitrogens with zero attached hydrogens (tertiary/aromatic N) is 3. The first-order chi connectivity index (χ1) is 15.5. The molecule has 0 aliphatic heterocycles. The molecule has 0 unspecified atom stereocenters. The zero-order chi connectivity index (χ0) is 23.9.